The van der Waals surface area contributed by atoms with Crippen LogP contribution < -0.4 is 10.6 Å². The molecule has 1 aliphatic carbocycles. The first kappa shape index (κ1) is 18.6. The number of hydrogen-bond acceptors (Lipinski definition) is 5. The first-order valence-corrected chi connectivity index (χ1v) is 8.01. The predicted molar refractivity (Wildman–Crippen MR) is 95.1 cm³/mol. The molecule has 0 spiro atoms. The zero-order valence-electron chi connectivity index (χ0n) is 13.5. The van der Waals surface area contributed by atoms with Gasteiger partial charge in [-0.2, -0.15) is 4.68 Å². The molecular formula is C15H20Cl2N6O. The van der Waals surface area contributed by atoms with Crippen molar-refractivity contribution in [1.82, 2.24) is 25.5 Å². The highest BCUT2D eigenvalue weighted by Crippen LogP contribution is 2.39. The quantitative estimate of drug-likeness (QED) is 0.815. The molecule has 1 fully saturated rings. The number of benzene rings is 1. The molecule has 2 aromatic rings. The van der Waals surface area contributed by atoms with Gasteiger partial charge in [-0.1, -0.05) is 18.5 Å². The van der Waals surface area contributed by atoms with Crippen LogP contribution in [-0.2, 0) is 4.79 Å². The second kappa shape index (κ2) is 7.92. The summed E-state index contributed by atoms with van der Waals surface area (Å²) >= 11 is 6.29. The molecule has 130 valence electrons. The zero-order chi connectivity index (χ0) is 16.4. The van der Waals surface area contributed by atoms with Gasteiger partial charge in [-0.3, -0.25) is 4.79 Å². The van der Waals surface area contributed by atoms with E-state index in [0.717, 1.165) is 18.7 Å². The fourth-order valence-electron chi connectivity index (χ4n) is 2.38. The van der Waals surface area contributed by atoms with Crippen molar-refractivity contribution in [2.24, 2.45) is 5.92 Å². The minimum Gasteiger partial charge on any atom is -0.326 e. The lowest BCUT2D eigenvalue weighted by atomic mass is 10.1. The summed E-state index contributed by atoms with van der Waals surface area (Å²) in [5.74, 6) is 1.04. The van der Waals surface area contributed by atoms with Crippen molar-refractivity contribution in [3.8, 4) is 5.69 Å². The van der Waals surface area contributed by atoms with Crippen LogP contribution in [0.5, 0.6) is 0 Å². The number of carbonyl (C=O) groups is 1. The molecule has 0 radical (unpaired) electrons. The number of amides is 1. The lowest BCUT2D eigenvalue weighted by molar-refractivity contribution is -0.119. The largest absolute Gasteiger partial charge is 0.326 e. The number of anilines is 1. The Hall–Kier alpha value is -1.70. The standard InChI is InChI=1S/C15H19ClN6O.ClH/c1-9(8-17-2)15(23)18-11-5-6-12(16)13(7-11)22-14(10-3-4-10)19-20-21-22;/h5-7,9-10,17H,3-4,8H2,1-2H3,(H,18,23);1H. The van der Waals surface area contributed by atoms with E-state index in [2.05, 4.69) is 26.2 Å². The van der Waals surface area contributed by atoms with Crippen LogP contribution in [-0.4, -0.2) is 39.7 Å². The molecule has 1 saturated carbocycles. The van der Waals surface area contributed by atoms with Crippen LogP contribution in [0.2, 0.25) is 5.02 Å². The van der Waals surface area contributed by atoms with Crippen molar-refractivity contribution in [3.05, 3.63) is 29.0 Å². The Bertz CT molecular complexity index is 716. The van der Waals surface area contributed by atoms with Crippen molar-refractivity contribution in [1.29, 1.82) is 0 Å². The number of carbonyl (C=O) groups excluding carboxylic acids is 1. The first-order valence-electron chi connectivity index (χ1n) is 7.63. The van der Waals surface area contributed by atoms with E-state index in [9.17, 15) is 4.79 Å². The molecular weight excluding hydrogens is 351 g/mol. The second-order valence-corrected chi connectivity index (χ2v) is 6.24. The topological polar surface area (TPSA) is 84.7 Å². The van der Waals surface area contributed by atoms with Crippen molar-refractivity contribution in [2.75, 3.05) is 18.9 Å². The average Bonchev–Trinajstić information content (AvgIpc) is 3.27. The molecule has 1 aromatic carbocycles. The Morgan fingerprint density at radius 3 is 2.88 bits per heavy atom. The number of aromatic nitrogens is 4. The average molecular weight is 371 g/mol. The molecule has 24 heavy (non-hydrogen) atoms. The Morgan fingerprint density at radius 1 is 1.46 bits per heavy atom. The predicted octanol–water partition coefficient (Wildman–Crippen LogP) is 2.41. The summed E-state index contributed by atoms with van der Waals surface area (Å²) in [6.45, 7) is 2.49. The van der Waals surface area contributed by atoms with E-state index in [0.29, 0.717) is 28.9 Å². The third kappa shape index (κ3) is 4.03. The number of nitrogens with one attached hydrogen (secondary N) is 2. The van der Waals surface area contributed by atoms with Gasteiger partial charge in [-0.05, 0) is 48.5 Å². The van der Waals surface area contributed by atoms with Gasteiger partial charge in [0, 0.05) is 24.1 Å². The maximum absolute atomic E-state index is 12.1. The summed E-state index contributed by atoms with van der Waals surface area (Å²) in [5.41, 5.74) is 1.35. The molecule has 1 atom stereocenters. The van der Waals surface area contributed by atoms with Gasteiger partial charge in [-0.15, -0.1) is 17.5 Å². The maximum Gasteiger partial charge on any atom is 0.228 e. The minimum atomic E-state index is -0.130. The summed E-state index contributed by atoms with van der Waals surface area (Å²) in [6, 6.07) is 5.32. The zero-order valence-corrected chi connectivity index (χ0v) is 15.1. The molecule has 1 heterocycles. The third-order valence-electron chi connectivity index (χ3n) is 3.84. The summed E-state index contributed by atoms with van der Waals surface area (Å²) in [4.78, 5) is 12.1. The second-order valence-electron chi connectivity index (χ2n) is 5.84. The highest BCUT2D eigenvalue weighted by molar-refractivity contribution is 6.32. The number of tetrazole rings is 1. The smallest absolute Gasteiger partial charge is 0.228 e. The van der Waals surface area contributed by atoms with E-state index in [1.54, 1.807) is 22.9 Å². The summed E-state index contributed by atoms with van der Waals surface area (Å²) in [6.07, 6.45) is 2.19. The van der Waals surface area contributed by atoms with Gasteiger partial charge in [0.25, 0.3) is 0 Å². The molecule has 9 heteroatoms. The van der Waals surface area contributed by atoms with E-state index < -0.39 is 0 Å². The Morgan fingerprint density at radius 2 is 2.21 bits per heavy atom. The van der Waals surface area contributed by atoms with Crippen LogP contribution in [0.25, 0.3) is 5.69 Å². The van der Waals surface area contributed by atoms with Gasteiger partial charge < -0.3 is 10.6 Å². The van der Waals surface area contributed by atoms with Crippen molar-refractivity contribution in [2.45, 2.75) is 25.7 Å². The van der Waals surface area contributed by atoms with Crippen molar-refractivity contribution in [3.63, 3.8) is 0 Å². The molecule has 1 aliphatic rings. The summed E-state index contributed by atoms with van der Waals surface area (Å²) in [5, 5.41) is 18.3. The van der Waals surface area contributed by atoms with E-state index in [1.807, 2.05) is 14.0 Å². The minimum absolute atomic E-state index is 0. The van der Waals surface area contributed by atoms with E-state index in [-0.39, 0.29) is 24.2 Å². The lowest BCUT2D eigenvalue weighted by Gasteiger charge is -2.13. The van der Waals surface area contributed by atoms with Gasteiger partial charge in [0.15, 0.2) is 5.82 Å². The van der Waals surface area contributed by atoms with Crippen molar-refractivity contribution < 1.29 is 4.79 Å². The fourth-order valence-corrected chi connectivity index (χ4v) is 2.58. The molecule has 2 N–H and O–H groups in total. The Balaban J connectivity index is 0.00000208. The van der Waals surface area contributed by atoms with Crippen LogP contribution in [0.3, 0.4) is 0 Å². The Kier molecular flexibility index (Phi) is 6.15. The monoisotopic (exact) mass is 370 g/mol. The molecule has 1 amide bonds. The lowest BCUT2D eigenvalue weighted by Crippen LogP contribution is -2.28. The first-order chi connectivity index (χ1) is 11.1. The summed E-state index contributed by atoms with van der Waals surface area (Å²) < 4.78 is 1.66. The van der Waals surface area contributed by atoms with Crippen molar-refractivity contribution >= 4 is 35.6 Å². The van der Waals surface area contributed by atoms with Crippen LogP contribution in [0.1, 0.15) is 31.5 Å². The Labute approximate surface area is 151 Å². The van der Waals surface area contributed by atoms with Gasteiger partial charge in [-0.25, -0.2) is 0 Å². The van der Waals surface area contributed by atoms with Crippen LogP contribution in [0.15, 0.2) is 18.2 Å². The van der Waals surface area contributed by atoms with Crippen LogP contribution >= 0.6 is 24.0 Å². The number of hydrogen-bond donors (Lipinski definition) is 2. The van der Waals surface area contributed by atoms with E-state index in [1.165, 1.54) is 0 Å². The van der Waals surface area contributed by atoms with Gasteiger partial charge >= 0.3 is 0 Å². The van der Waals surface area contributed by atoms with Gasteiger partial charge in [0.2, 0.25) is 5.91 Å². The molecule has 3 rings (SSSR count). The molecule has 0 saturated heterocycles. The number of halogens is 2. The highest BCUT2D eigenvalue weighted by atomic mass is 35.5. The molecule has 1 unspecified atom stereocenters. The maximum atomic E-state index is 12.1. The number of rotatable bonds is 6. The SMILES string of the molecule is CNCC(C)C(=O)Nc1ccc(Cl)c(-n2nnnc2C2CC2)c1.Cl. The molecule has 0 aliphatic heterocycles. The molecule has 7 nitrogen and oxygen atoms in total. The van der Waals surface area contributed by atoms with E-state index in [4.69, 9.17) is 11.6 Å². The van der Waals surface area contributed by atoms with Gasteiger partial charge in [0.05, 0.1) is 10.7 Å². The fraction of sp³-hybridized carbons (Fsp3) is 0.467. The summed E-state index contributed by atoms with van der Waals surface area (Å²) in [7, 11) is 1.82. The van der Waals surface area contributed by atoms with Crippen LogP contribution in [0, 0.1) is 5.92 Å². The van der Waals surface area contributed by atoms with Crippen LogP contribution in [0.4, 0.5) is 5.69 Å². The van der Waals surface area contributed by atoms with E-state index >= 15 is 0 Å². The third-order valence-corrected chi connectivity index (χ3v) is 4.16. The van der Waals surface area contributed by atoms with Gasteiger partial charge in [0.1, 0.15) is 0 Å². The highest BCUT2D eigenvalue weighted by Gasteiger charge is 2.30. The normalized spacial score (nSPS) is 14.8. The molecule has 1 aromatic heterocycles. The molecule has 0 bridgehead atoms. The number of nitrogens with zero attached hydrogens (tertiary/aromatic N) is 4.